The summed E-state index contributed by atoms with van der Waals surface area (Å²) >= 11 is 0. The fraction of sp³-hybridized carbons (Fsp3) is 0.429. The third-order valence-electron chi connectivity index (χ3n) is 3.75. The number of imidazole rings is 1. The van der Waals surface area contributed by atoms with Crippen molar-refractivity contribution in [1.82, 2.24) is 14.5 Å². The van der Waals surface area contributed by atoms with Crippen molar-refractivity contribution < 1.29 is 9.18 Å². The van der Waals surface area contributed by atoms with Gasteiger partial charge in [0.15, 0.2) is 0 Å². The van der Waals surface area contributed by atoms with Gasteiger partial charge in [-0.1, -0.05) is 0 Å². The van der Waals surface area contributed by atoms with E-state index >= 15 is 0 Å². The van der Waals surface area contributed by atoms with Crippen LogP contribution in [-0.4, -0.2) is 33.4 Å². The molecule has 20 heavy (non-hydrogen) atoms. The molecule has 0 aliphatic carbocycles. The number of nitrogens with zero attached hydrogens (tertiary/aromatic N) is 3. The molecule has 5 nitrogen and oxygen atoms in total. The van der Waals surface area contributed by atoms with Crippen molar-refractivity contribution in [2.45, 2.75) is 25.8 Å². The molecule has 0 saturated carbocycles. The second kappa shape index (κ2) is 5.11. The zero-order valence-electron chi connectivity index (χ0n) is 11.2. The van der Waals surface area contributed by atoms with Gasteiger partial charge in [-0.2, -0.15) is 0 Å². The molecule has 1 saturated heterocycles. The van der Waals surface area contributed by atoms with Crippen LogP contribution in [-0.2, 0) is 11.3 Å². The Bertz CT molecular complexity index is 646. The van der Waals surface area contributed by atoms with E-state index in [2.05, 4.69) is 4.98 Å². The number of benzene rings is 1. The van der Waals surface area contributed by atoms with Gasteiger partial charge in [0, 0.05) is 32.1 Å². The van der Waals surface area contributed by atoms with Crippen molar-refractivity contribution in [2.24, 2.45) is 0 Å². The summed E-state index contributed by atoms with van der Waals surface area (Å²) in [7, 11) is 0. The Morgan fingerprint density at radius 3 is 2.85 bits per heavy atom. The van der Waals surface area contributed by atoms with Crippen molar-refractivity contribution in [2.75, 3.05) is 18.8 Å². The Balaban J connectivity index is 1.77. The molecule has 0 spiro atoms. The van der Waals surface area contributed by atoms with Gasteiger partial charge in [0.2, 0.25) is 11.9 Å². The summed E-state index contributed by atoms with van der Waals surface area (Å²) in [5, 5.41) is 0. The lowest BCUT2D eigenvalue weighted by molar-refractivity contribution is -0.130. The number of hydrogen-bond acceptors (Lipinski definition) is 3. The Morgan fingerprint density at radius 2 is 2.10 bits per heavy atom. The van der Waals surface area contributed by atoms with Crippen LogP contribution >= 0.6 is 0 Å². The van der Waals surface area contributed by atoms with Crippen molar-refractivity contribution in [3.05, 3.63) is 24.0 Å². The van der Waals surface area contributed by atoms with Gasteiger partial charge in [-0.3, -0.25) is 4.79 Å². The van der Waals surface area contributed by atoms with Crippen LogP contribution in [0.5, 0.6) is 0 Å². The standard InChI is InChI=1S/C14H17FN4O/c15-10-3-4-12-11(9-10)17-14(16)19(12)8-5-13(20)18-6-1-2-7-18/h3-4,9H,1-2,5-8H2,(H2,16,17). The van der Waals surface area contributed by atoms with Crippen molar-refractivity contribution in [1.29, 1.82) is 0 Å². The molecule has 1 aromatic heterocycles. The highest BCUT2D eigenvalue weighted by Crippen LogP contribution is 2.19. The average Bonchev–Trinajstić information content (AvgIpc) is 3.03. The molecule has 2 N–H and O–H groups in total. The normalized spacial score (nSPS) is 15.2. The largest absolute Gasteiger partial charge is 0.369 e. The van der Waals surface area contributed by atoms with E-state index in [9.17, 15) is 9.18 Å². The fourth-order valence-electron chi connectivity index (χ4n) is 2.69. The van der Waals surface area contributed by atoms with Gasteiger partial charge in [-0.05, 0) is 25.0 Å². The first-order valence-corrected chi connectivity index (χ1v) is 6.84. The molecule has 2 heterocycles. The molecular weight excluding hydrogens is 259 g/mol. The van der Waals surface area contributed by atoms with Crippen molar-refractivity contribution in [3.8, 4) is 0 Å². The molecule has 3 rings (SSSR count). The molecule has 2 aromatic rings. The van der Waals surface area contributed by atoms with Crippen LogP contribution in [0.1, 0.15) is 19.3 Å². The number of aromatic nitrogens is 2. The smallest absolute Gasteiger partial charge is 0.224 e. The summed E-state index contributed by atoms with van der Waals surface area (Å²) in [5.41, 5.74) is 7.13. The number of anilines is 1. The molecule has 6 heteroatoms. The lowest BCUT2D eigenvalue weighted by Gasteiger charge is -2.15. The van der Waals surface area contributed by atoms with E-state index in [1.165, 1.54) is 12.1 Å². The van der Waals surface area contributed by atoms with Gasteiger partial charge in [0.05, 0.1) is 11.0 Å². The lowest BCUT2D eigenvalue weighted by atomic mass is 10.3. The van der Waals surface area contributed by atoms with Crippen LogP contribution < -0.4 is 5.73 Å². The van der Waals surface area contributed by atoms with E-state index in [1.807, 2.05) is 4.90 Å². The summed E-state index contributed by atoms with van der Waals surface area (Å²) in [6, 6.07) is 4.38. The monoisotopic (exact) mass is 276 g/mol. The topological polar surface area (TPSA) is 64.1 Å². The molecule has 1 amide bonds. The number of hydrogen-bond donors (Lipinski definition) is 1. The maximum atomic E-state index is 13.1. The highest BCUT2D eigenvalue weighted by atomic mass is 19.1. The summed E-state index contributed by atoms with van der Waals surface area (Å²) < 4.78 is 14.9. The van der Waals surface area contributed by atoms with Crippen molar-refractivity contribution in [3.63, 3.8) is 0 Å². The molecule has 1 fully saturated rings. The minimum atomic E-state index is -0.338. The maximum Gasteiger partial charge on any atom is 0.224 e. The third kappa shape index (κ3) is 2.33. The number of carbonyl (C=O) groups excluding carboxylic acids is 1. The molecule has 106 valence electrons. The SMILES string of the molecule is Nc1nc2cc(F)ccc2n1CCC(=O)N1CCCC1. The number of amides is 1. The van der Waals surface area contributed by atoms with E-state index in [0.29, 0.717) is 24.4 Å². The highest BCUT2D eigenvalue weighted by Gasteiger charge is 2.18. The van der Waals surface area contributed by atoms with E-state index in [1.54, 1.807) is 10.6 Å². The number of nitrogen functional groups attached to an aromatic ring is 1. The first kappa shape index (κ1) is 12.9. The quantitative estimate of drug-likeness (QED) is 0.929. The fourth-order valence-corrected chi connectivity index (χ4v) is 2.69. The van der Waals surface area contributed by atoms with E-state index < -0.39 is 0 Å². The molecule has 0 radical (unpaired) electrons. The molecule has 1 aliphatic heterocycles. The van der Waals surface area contributed by atoms with Gasteiger partial charge in [-0.15, -0.1) is 0 Å². The summed E-state index contributed by atoms with van der Waals surface area (Å²) in [6.07, 6.45) is 2.56. The number of halogens is 1. The minimum absolute atomic E-state index is 0.144. The summed E-state index contributed by atoms with van der Waals surface area (Å²) in [4.78, 5) is 18.0. The predicted octanol–water partition coefficient (Wildman–Crippen LogP) is 1.77. The van der Waals surface area contributed by atoms with E-state index in [0.717, 1.165) is 31.4 Å². The zero-order valence-corrected chi connectivity index (χ0v) is 11.2. The van der Waals surface area contributed by atoms with Crippen LogP contribution in [0, 0.1) is 5.82 Å². The molecule has 1 aromatic carbocycles. The summed E-state index contributed by atoms with van der Waals surface area (Å²) in [6.45, 7) is 2.18. The Morgan fingerprint density at radius 1 is 1.35 bits per heavy atom. The van der Waals surface area contributed by atoms with Crippen LogP contribution in [0.4, 0.5) is 10.3 Å². The maximum absolute atomic E-state index is 13.1. The number of rotatable bonds is 3. The van der Waals surface area contributed by atoms with E-state index in [-0.39, 0.29) is 11.7 Å². The predicted molar refractivity (Wildman–Crippen MR) is 74.5 cm³/mol. The van der Waals surface area contributed by atoms with Gasteiger partial charge in [0.1, 0.15) is 5.82 Å². The first-order valence-electron chi connectivity index (χ1n) is 6.84. The van der Waals surface area contributed by atoms with Crippen LogP contribution in [0.3, 0.4) is 0 Å². The number of carbonyl (C=O) groups is 1. The van der Waals surface area contributed by atoms with Crippen LogP contribution in [0.2, 0.25) is 0 Å². The first-order chi connectivity index (χ1) is 9.65. The Hall–Kier alpha value is -2.11. The van der Waals surface area contributed by atoms with Gasteiger partial charge >= 0.3 is 0 Å². The molecular formula is C14H17FN4O. The number of aryl methyl sites for hydroxylation is 1. The lowest BCUT2D eigenvalue weighted by Crippen LogP contribution is -2.28. The third-order valence-corrected chi connectivity index (χ3v) is 3.75. The Labute approximate surface area is 116 Å². The second-order valence-electron chi connectivity index (χ2n) is 5.09. The van der Waals surface area contributed by atoms with Crippen molar-refractivity contribution >= 4 is 22.9 Å². The molecule has 0 unspecified atom stereocenters. The summed E-state index contributed by atoms with van der Waals surface area (Å²) in [5.74, 6) is 0.126. The van der Waals surface area contributed by atoms with Gasteiger partial charge < -0.3 is 15.2 Å². The molecule has 0 atom stereocenters. The molecule has 0 bridgehead atoms. The zero-order chi connectivity index (χ0) is 14.1. The second-order valence-corrected chi connectivity index (χ2v) is 5.09. The minimum Gasteiger partial charge on any atom is -0.369 e. The average molecular weight is 276 g/mol. The number of nitrogens with two attached hydrogens (primary N) is 1. The number of likely N-dealkylation sites (tertiary alicyclic amines) is 1. The Kier molecular flexibility index (Phi) is 3.30. The number of fused-ring (bicyclic) bond motifs is 1. The van der Waals surface area contributed by atoms with Crippen LogP contribution in [0.15, 0.2) is 18.2 Å². The highest BCUT2D eigenvalue weighted by molar-refractivity contribution is 5.79. The van der Waals surface area contributed by atoms with Gasteiger partial charge in [0.25, 0.3) is 0 Å². The molecule has 1 aliphatic rings. The van der Waals surface area contributed by atoms with Gasteiger partial charge in [-0.25, -0.2) is 9.37 Å². The van der Waals surface area contributed by atoms with E-state index in [4.69, 9.17) is 5.73 Å². The van der Waals surface area contributed by atoms with Crippen LogP contribution in [0.25, 0.3) is 11.0 Å².